The van der Waals surface area contributed by atoms with Crippen LogP contribution in [0.4, 0.5) is 5.82 Å². The van der Waals surface area contributed by atoms with Crippen LogP contribution in [0.2, 0.25) is 0 Å². The van der Waals surface area contributed by atoms with E-state index in [1.807, 2.05) is 27.1 Å². The summed E-state index contributed by atoms with van der Waals surface area (Å²) in [5.41, 5.74) is 2.39. The van der Waals surface area contributed by atoms with Gasteiger partial charge in [-0.25, -0.2) is 0 Å². The van der Waals surface area contributed by atoms with E-state index in [0.717, 1.165) is 11.3 Å². The van der Waals surface area contributed by atoms with Crippen LogP contribution < -0.4 is 10.6 Å². The number of nitrogens with one attached hydrogen (secondary N) is 2. The molecule has 1 amide bonds. The number of carbonyl (C=O) groups excluding carboxylic acids is 1. The molecule has 0 aliphatic carbocycles. The molecule has 2 aromatic heterocycles. The summed E-state index contributed by atoms with van der Waals surface area (Å²) in [4.78, 5) is 11.5. The van der Waals surface area contributed by atoms with Gasteiger partial charge in [0, 0.05) is 31.9 Å². The summed E-state index contributed by atoms with van der Waals surface area (Å²) in [7, 11) is 1.89. The third-order valence-electron chi connectivity index (χ3n) is 2.81. The summed E-state index contributed by atoms with van der Waals surface area (Å²) >= 11 is 0. The Morgan fingerprint density at radius 2 is 2.15 bits per heavy atom. The number of anilines is 1. The van der Waals surface area contributed by atoms with Crippen molar-refractivity contribution in [2.45, 2.75) is 20.4 Å². The summed E-state index contributed by atoms with van der Waals surface area (Å²) in [5.74, 6) is 0.413. The summed E-state index contributed by atoms with van der Waals surface area (Å²) in [6, 6.07) is 3.39. The van der Waals surface area contributed by atoms with Crippen molar-refractivity contribution in [2.75, 3.05) is 11.9 Å². The second kappa shape index (κ2) is 6.14. The topological polar surface area (TPSA) is 84.7 Å². The van der Waals surface area contributed by atoms with Gasteiger partial charge >= 0.3 is 0 Å². The van der Waals surface area contributed by atoms with Gasteiger partial charge in [0.1, 0.15) is 5.82 Å². The molecule has 0 spiro atoms. The van der Waals surface area contributed by atoms with Gasteiger partial charge in [-0.05, 0) is 26.0 Å². The molecule has 0 aliphatic heterocycles. The van der Waals surface area contributed by atoms with Gasteiger partial charge in [0.25, 0.3) is 5.91 Å². The lowest BCUT2D eigenvalue weighted by Crippen LogP contribution is -2.24. The van der Waals surface area contributed by atoms with Crippen LogP contribution in [0.3, 0.4) is 0 Å². The van der Waals surface area contributed by atoms with Gasteiger partial charge in [-0.15, -0.1) is 10.2 Å². The summed E-state index contributed by atoms with van der Waals surface area (Å²) in [6.07, 6.45) is 1.96. The number of hydrogen-bond donors (Lipinski definition) is 2. The smallest absolute Gasteiger partial charge is 0.271 e. The summed E-state index contributed by atoms with van der Waals surface area (Å²) < 4.78 is 1.77. The molecule has 0 aliphatic rings. The Morgan fingerprint density at radius 1 is 1.35 bits per heavy atom. The fraction of sp³-hybridized carbons (Fsp3) is 0.385. The Hall–Kier alpha value is -2.44. The van der Waals surface area contributed by atoms with Crippen molar-refractivity contribution in [2.24, 2.45) is 7.05 Å². The Labute approximate surface area is 117 Å². The molecular weight excluding hydrogens is 256 g/mol. The normalized spacial score (nSPS) is 10.3. The predicted molar refractivity (Wildman–Crippen MR) is 75.3 cm³/mol. The minimum Gasteiger partial charge on any atom is -0.364 e. The minimum atomic E-state index is -0.213. The Morgan fingerprint density at radius 3 is 2.70 bits per heavy atom. The van der Waals surface area contributed by atoms with Gasteiger partial charge in [0.15, 0.2) is 5.69 Å². The fourth-order valence-corrected chi connectivity index (χ4v) is 1.81. The monoisotopic (exact) mass is 274 g/mol. The molecule has 7 heteroatoms. The second-order valence-electron chi connectivity index (χ2n) is 4.43. The zero-order valence-corrected chi connectivity index (χ0v) is 11.8. The number of carbonyl (C=O) groups is 1. The Kier molecular flexibility index (Phi) is 4.29. The van der Waals surface area contributed by atoms with Crippen molar-refractivity contribution in [3.05, 3.63) is 35.3 Å². The van der Waals surface area contributed by atoms with E-state index in [0.29, 0.717) is 24.6 Å². The second-order valence-corrected chi connectivity index (χ2v) is 4.43. The molecule has 0 saturated heterocycles. The van der Waals surface area contributed by atoms with Gasteiger partial charge in [0.2, 0.25) is 0 Å². The van der Waals surface area contributed by atoms with E-state index in [9.17, 15) is 4.79 Å². The predicted octanol–water partition coefficient (Wildman–Crippen LogP) is 0.880. The van der Waals surface area contributed by atoms with Gasteiger partial charge in [-0.3, -0.25) is 9.48 Å². The highest BCUT2D eigenvalue weighted by Crippen LogP contribution is 2.08. The van der Waals surface area contributed by atoms with E-state index in [1.165, 1.54) is 0 Å². The molecule has 0 unspecified atom stereocenters. The lowest BCUT2D eigenvalue weighted by atomic mass is 10.2. The Bertz CT molecular complexity index is 589. The first-order valence-corrected chi connectivity index (χ1v) is 6.45. The van der Waals surface area contributed by atoms with E-state index in [1.54, 1.807) is 16.8 Å². The number of hydrogen-bond acceptors (Lipinski definition) is 5. The van der Waals surface area contributed by atoms with Crippen molar-refractivity contribution in [3.8, 4) is 0 Å². The van der Waals surface area contributed by atoms with E-state index in [4.69, 9.17) is 0 Å². The third-order valence-corrected chi connectivity index (χ3v) is 2.81. The molecule has 0 bridgehead atoms. The molecule has 0 radical (unpaired) electrons. The molecule has 0 atom stereocenters. The third kappa shape index (κ3) is 3.31. The van der Waals surface area contributed by atoms with Crippen LogP contribution in [0.1, 0.15) is 28.7 Å². The van der Waals surface area contributed by atoms with Crippen molar-refractivity contribution >= 4 is 11.7 Å². The van der Waals surface area contributed by atoms with Crippen molar-refractivity contribution < 1.29 is 4.79 Å². The highest BCUT2D eigenvalue weighted by Gasteiger charge is 2.07. The zero-order valence-electron chi connectivity index (χ0n) is 11.8. The first kappa shape index (κ1) is 14.0. The van der Waals surface area contributed by atoms with Crippen LogP contribution in [-0.2, 0) is 13.6 Å². The summed E-state index contributed by atoms with van der Waals surface area (Å²) in [6.45, 7) is 5.01. The van der Waals surface area contributed by atoms with E-state index in [-0.39, 0.29) is 5.91 Å². The first-order chi connectivity index (χ1) is 9.60. The van der Waals surface area contributed by atoms with Crippen LogP contribution in [0, 0.1) is 6.92 Å². The SMILES string of the molecule is CCNC(=O)c1ccc(NCc2cn(C)nc2C)nn1. The fourth-order valence-electron chi connectivity index (χ4n) is 1.81. The first-order valence-electron chi connectivity index (χ1n) is 6.45. The number of aryl methyl sites for hydroxylation is 2. The molecule has 0 saturated carbocycles. The van der Waals surface area contributed by atoms with E-state index >= 15 is 0 Å². The van der Waals surface area contributed by atoms with Crippen LogP contribution in [0.25, 0.3) is 0 Å². The average molecular weight is 274 g/mol. The highest BCUT2D eigenvalue weighted by atomic mass is 16.1. The molecule has 2 heterocycles. The molecule has 20 heavy (non-hydrogen) atoms. The van der Waals surface area contributed by atoms with Gasteiger partial charge in [0.05, 0.1) is 5.69 Å². The van der Waals surface area contributed by atoms with Gasteiger partial charge in [-0.2, -0.15) is 5.10 Å². The zero-order chi connectivity index (χ0) is 14.5. The molecule has 2 aromatic rings. The maximum atomic E-state index is 11.5. The standard InChI is InChI=1S/C13H18N6O/c1-4-14-13(20)11-5-6-12(17-16-11)15-7-10-8-19(3)18-9(10)2/h5-6,8H,4,7H2,1-3H3,(H,14,20)(H,15,17). The maximum absolute atomic E-state index is 11.5. The number of aromatic nitrogens is 4. The van der Waals surface area contributed by atoms with Crippen LogP contribution in [0.15, 0.2) is 18.3 Å². The molecular formula is C13H18N6O. The van der Waals surface area contributed by atoms with Gasteiger partial charge in [-0.1, -0.05) is 0 Å². The van der Waals surface area contributed by atoms with Crippen LogP contribution in [0.5, 0.6) is 0 Å². The summed E-state index contributed by atoms with van der Waals surface area (Å²) in [5, 5.41) is 18.0. The molecule has 2 N–H and O–H groups in total. The highest BCUT2D eigenvalue weighted by molar-refractivity contribution is 5.92. The molecule has 7 nitrogen and oxygen atoms in total. The minimum absolute atomic E-state index is 0.213. The number of rotatable bonds is 5. The molecule has 106 valence electrons. The van der Waals surface area contributed by atoms with Crippen molar-refractivity contribution in [1.29, 1.82) is 0 Å². The maximum Gasteiger partial charge on any atom is 0.271 e. The average Bonchev–Trinajstić information content (AvgIpc) is 2.75. The largest absolute Gasteiger partial charge is 0.364 e. The molecule has 0 fully saturated rings. The van der Waals surface area contributed by atoms with E-state index < -0.39 is 0 Å². The molecule has 2 rings (SSSR count). The van der Waals surface area contributed by atoms with Crippen molar-refractivity contribution in [3.63, 3.8) is 0 Å². The quantitative estimate of drug-likeness (QED) is 0.845. The van der Waals surface area contributed by atoms with Crippen LogP contribution in [-0.4, -0.2) is 32.4 Å². The number of nitrogens with zero attached hydrogens (tertiary/aromatic N) is 4. The van der Waals surface area contributed by atoms with Crippen molar-refractivity contribution in [1.82, 2.24) is 25.3 Å². The number of amides is 1. The lowest BCUT2D eigenvalue weighted by Gasteiger charge is -2.05. The lowest BCUT2D eigenvalue weighted by molar-refractivity contribution is 0.0950. The Balaban J connectivity index is 1.97. The molecule has 0 aromatic carbocycles. The van der Waals surface area contributed by atoms with E-state index in [2.05, 4.69) is 25.9 Å². The van der Waals surface area contributed by atoms with Gasteiger partial charge < -0.3 is 10.6 Å². The van der Waals surface area contributed by atoms with Crippen LogP contribution >= 0.6 is 0 Å².